The molecular formula is C19H25N3O2. The van der Waals surface area contributed by atoms with Crippen molar-refractivity contribution >= 4 is 28.3 Å². The molecule has 2 rings (SSSR count). The average Bonchev–Trinajstić information content (AvgIpc) is 2.53. The Morgan fingerprint density at radius 2 is 1.67 bits per heavy atom. The van der Waals surface area contributed by atoms with Crippen molar-refractivity contribution in [3.8, 4) is 0 Å². The monoisotopic (exact) mass is 327 g/mol. The van der Waals surface area contributed by atoms with Gasteiger partial charge < -0.3 is 16.4 Å². The van der Waals surface area contributed by atoms with Crippen LogP contribution in [-0.4, -0.2) is 23.9 Å². The quantitative estimate of drug-likeness (QED) is 0.762. The van der Waals surface area contributed by atoms with Gasteiger partial charge in [-0.25, -0.2) is 0 Å². The molecule has 128 valence electrons. The van der Waals surface area contributed by atoms with E-state index in [1.54, 1.807) is 6.92 Å². The van der Waals surface area contributed by atoms with E-state index in [0.29, 0.717) is 18.0 Å². The highest BCUT2D eigenvalue weighted by molar-refractivity contribution is 5.99. The van der Waals surface area contributed by atoms with Crippen LogP contribution in [0.2, 0.25) is 0 Å². The molecule has 0 bridgehead atoms. The number of fused-ring (bicyclic) bond motifs is 1. The minimum Gasteiger partial charge on any atom is -0.343 e. The molecule has 0 fully saturated rings. The van der Waals surface area contributed by atoms with E-state index in [9.17, 15) is 9.59 Å². The SMILES string of the molecule is CC(C)C[C@H](N)C(=O)N[C@@H](C)C(=O)Nc1ccc2ccccc2c1. The maximum absolute atomic E-state index is 12.3. The Morgan fingerprint density at radius 1 is 1.00 bits per heavy atom. The van der Waals surface area contributed by atoms with Gasteiger partial charge in [0.2, 0.25) is 11.8 Å². The lowest BCUT2D eigenvalue weighted by Crippen LogP contribution is -2.49. The molecule has 0 aliphatic heterocycles. The Labute approximate surface area is 142 Å². The maximum Gasteiger partial charge on any atom is 0.246 e. The Hall–Kier alpha value is -2.40. The summed E-state index contributed by atoms with van der Waals surface area (Å²) in [5, 5.41) is 7.65. The molecule has 2 amide bonds. The number of carbonyl (C=O) groups excluding carboxylic acids is 2. The van der Waals surface area contributed by atoms with Crippen molar-refractivity contribution in [2.45, 2.75) is 39.3 Å². The smallest absolute Gasteiger partial charge is 0.246 e. The van der Waals surface area contributed by atoms with Crippen LogP contribution >= 0.6 is 0 Å². The number of carbonyl (C=O) groups is 2. The summed E-state index contributed by atoms with van der Waals surface area (Å²) in [6, 6.07) is 12.4. The van der Waals surface area contributed by atoms with E-state index in [0.717, 1.165) is 10.8 Å². The second-order valence-corrected chi connectivity index (χ2v) is 6.52. The summed E-state index contributed by atoms with van der Waals surface area (Å²) >= 11 is 0. The fraction of sp³-hybridized carbons (Fsp3) is 0.368. The van der Waals surface area contributed by atoms with Crippen molar-refractivity contribution in [1.82, 2.24) is 5.32 Å². The number of benzene rings is 2. The molecule has 0 aliphatic rings. The lowest BCUT2D eigenvalue weighted by Gasteiger charge is -2.18. The van der Waals surface area contributed by atoms with Gasteiger partial charge >= 0.3 is 0 Å². The maximum atomic E-state index is 12.3. The summed E-state index contributed by atoms with van der Waals surface area (Å²) in [5.74, 6) is -0.243. The normalized spacial score (nSPS) is 13.5. The van der Waals surface area contributed by atoms with E-state index in [1.165, 1.54) is 0 Å². The molecule has 0 aliphatic carbocycles. The van der Waals surface area contributed by atoms with E-state index < -0.39 is 12.1 Å². The summed E-state index contributed by atoms with van der Waals surface area (Å²) in [4.78, 5) is 24.3. The topological polar surface area (TPSA) is 84.2 Å². The van der Waals surface area contributed by atoms with Crippen molar-refractivity contribution < 1.29 is 9.59 Å². The number of anilines is 1. The van der Waals surface area contributed by atoms with Gasteiger partial charge in [0.05, 0.1) is 6.04 Å². The van der Waals surface area contributed by atoms with Crippen LogP contribution in [0.3, 0.4) is 0 Å². The van der Waals surface area contributed by atoms with Crippen LogP contribution in [0.4, 0.5) is 5.69 Å². The van der Waals surface area contributed by atoms with Gasteiger partial charge in [0.15, 0.2) is 0 Å². The summed E-state index contributed by atoms with van der Waals surface area (Å²) in [6.45, 7) is 5.66. The molecule has 0 saturated heterocycles. The zero-order valence-electron chi connectivity index (χ0n) is 14.4. The van der Waals surface area contributed by atoms with E-state index >= 15 is 0 Å². The largest absolute Gasteiger partial charge is 0.343 e. The Kier molecular flexibility index (Phi) is 5.93. The van der Waals surface area contributed by atoms with Gasteiger partial charge in [-0.1, -0.05) is 44.2 Å². The molecule has 0 spiro atoms. The third kappa shape index (κ3) is 4.80. The minimum atomic E-state index is -0.651. The van der Waals surface area contributed by atoms with Crippen LogP contribution in [-0.2, 0) is 9.59 Å². The van der Waals surface area contributed by atoms with Crippen LogP contribution in [0.25, 0.3) is 10.8 Å². The first-order chi connectivity index (χ1) is 11.4. The van der Waals surface area contributed by atoms with Gasteiger partial charge in [0, 0.05) is 5.69 Å². The highest BCUT2D eigenvalue weighted by atomic mass is 16.2. The Bertz CT molecular complexity index is 727. The van der Waals surface area contributed by atoms with Gasteiger partial charge in [-0.05, 0) is 42.2 Å². The second-order valence-electron chi connectivity index (χ2n) is 6.52. The van der Waals surface area contributed by atoms with Crippen molar-refractivity contribution in [2.75, 3.05) is 5.32 Å². The van der Waals surface area contributed by atoms with E-state index in [-0.39, 0.29) is 11.8 Å². The minimum absolute atomic E-state index is 0.268. The summed E-state index contributed by atoms with van der Waals surface area (Å²) in [5.41, 5.74) is 6.54. The van der Waals surface area contributed by atoms with Crippen LogP contribution in [0.1, 0.15) is 27.2 Å². The van der Waals surface area contributed by atoms with Gasteiger partial charge in [-0.15, -0.1) is 0 Å². The van der Waals surface area contributed by atoms with Gasteiger partial charge in [-0.2, -0.15) is 0 Å². The molecule has 2 atom stereocenters. The lowest BCUT2D eigenvalue weighted by molar-refractivity contribution is -0.127. The van der Waals surface area contributed by atoms with Crippen LogP contribution < -0.4 is 16.4 Å². The number of amides is 2. The number of hydrogen-bond donors (Lipinski definition) is 3. The standard InChI is InChI=1S/C19H25N3O2/c1-12(2)10-17(20)19(24)21-13(3)18(23)22-16-9-8-14-6-4-5-7-15(14)11-16/h4-9,11-13,17H,10,20H2,1-3H3,(H,21,24)(H,22,23)/t13-,17-/m0/s1. The van der Waals surface area contributed by atoms with Crippen LogP contribution in [0.5, 0.6) is 0 Å². The number of hydrogen-bond acceptors (Lipinski definition) is 3. The molecule has 2 aromatic carbocycles. The summed E-state index contributed by atoms with van der Waals surface area (Å²) in [6.07, 6.45) is 0.588. The molecule has 2 aromatic rings. The summed E-state index contributed by atoms with van der Waals surface area (Å²) < 4.78 is 0. The molecule has 0 aromatic heterocycles. The van der Waals surface area contributed by atoms with Crippen molar-refractivity contribution in [2.24, 2.45) is 11.7 Å². The number of nitrogens with one attached hydrogen (secondary N) is 2. The molecule has 0 saturated carbocycles. The lowest BCUT2D eigenvalue weighted by atomic mass is 10.0. The van der Waals surface area contributed by atoms with E-state index in [1.807, 2.05) is 56.3 Å². The number of nitrogens with two attached hydrogens (primary N) is 1. The predicted octanol–water partition coefficient (Wildman–Crippen LogP) is 2.66. The second kappa shape index (κ2) is 7.93. The predicted molar refractivity (Wildman–Crippen MR) is 97.6 cm³/mol. The third-order valence-corrected chi connectivity index (χ3v) is 3.83. The molecule has 0 unspecified atom stereocenters. The van der Waals surface area contributed by atoms with Gasteiger partial charge in [-0.3, -0.25) is 9.59 Å². The van der Waals surface area contributed by atoms with Crippen LogP contribution in [0.15, 0.2) is 42.5 Å². The Morgan fingerprint density at radius 3 is 2.33 bits per heavy atom. The number of rotatable bonds is 6. The first-order valence-corrected chi connectivity index (χ1v) is 8.22. The fourth-order valence-corrected chi connectivity index (χ4v) is 2.52. The van der Waals surface area contributed by atoms with E-state index in [4.69, 9.17) is 5.73 Å². The zero-order chi connectivity index (χ0) is 17.7. The first-order valence-electron chi connectivity index (χ1n) is 8.22. The molecule has 5 heteroatoms. The molecular weight excluding hydrogens is 302 g/mol. The molecule has 0 heterocycles. The fourth-order valence-electron chi connectivity index (χ4n) is 2.52. The van der Waals surface area contributed by atoms with Crippen molar-refractivity contribution in [1.29, 1.82) is 0 Å². The highest BCUT2D eigenvalue weighted by Crippen LogP contribution is 2.18. The van der Waals surface area contributed by atoms with Crippen molar-refractivity contribution in [3.63, 3.8) is 0 Å². The third-order valence-electron chi connectivity index (χ3n) is 3.83. The van der Waals surface area contributed by atoms with Gasteiger partial charge in [0.1, 0.15) is 6.04 Å². The molecule has 4 N–H and O–H groups in total. The zero-order valence-corrected chi connectivity index (χ0v) is 14.4. The molecule has 5 nitrogen and oxygen atoms in total. The first kappa shape index (κ1) is 17.9. The Balaban J connectivity index is 1.96. The van der Waals surface area contributed by atoms with Gasteiger partial charge in [0.25, 0.3) is 0 Å². The van der Waals surface area contributed by atoms with E-state index in [2.05, 4.69) is 10.6 Å². The summed E-state index contributed by atoms with van der Waals surface area (Å²) in [7, 11) is 0. The average molecular weight is 327 g/mol. The van der Waals surface area contributed by atoms with Crippen molar-refractivity contribution in [3.05, 3.63) is 42.5 Å². The molecule has 24 heavy (non-hydrogen) atoms. The highest BCUT2D eigenvalue weighted by Gasteiger charge is 2.20. The van der Waals surface area contributed by atoms with Crippen LogP contribution in [0, 0.1) is 5.92 Å². The molecule has 0 radical (unpaired) electrons.